The van der Waals surface area contributed by atoms with E-state index in [0.717, 1.165) is 5.56 Å². The molecule has 4 nitrogen and oxygen atoms in total. The van der Waals surface area contributed by atoms with Gasteiger partial charge in [0.25, 0.3) is 5.91 Å². The lowest BCUT2D eigenvalue weighted by molar-refractivity contribution is -0.115. The molecule has 0 spiro atoms. The first kappa shape index (κ1) is 12.3. The molecule has 4 N–H and O–H groups in total. The zero-order chi connectivity index (χ0) is 12.0. The van der Waals surface area contributed by atoms with Crippen LogP contribution in [-0.2, 0) is 4.79 Å². The van der Waals surface area contributed by atoms with E-state index in [4.69, 9.17) is 10.8 Å². The molecular weight excluding hydrogens is 204 g/mol. The van der Waals surface area contributed by atoms with Crippen LogP contribution >= 0.6 is 0 Å². The van der Waals surface area contributed by atoms with E-state index in [1.807, 2.05) is 0 Å². The van der Waals surface area contributed by atoms with Crippen LogP contribution in [0.5, 0.6) is 0 Å². The van der Waals surface area contributed by atoms with Crippen molar-refractivity contribution in [2.45, 2.75) is 6.42 Å². The zero-order valence-corrected chi connectivity index (χ0v) is 9.07. The maximum Gasteiger partial charge on any atom is 0.251 e. The second kappa shape index (κ2) is 5.92. The smallest absolute Gasteiger partial charge is 0.251 e. The molecule has 0 aromatic heterocycles. The van der Waals surface area contributed by atoms with E-state index in [1.165, 1.54) is 0 Å². The van der Waals surface area contributed by atoms with E-state index in [2.05, 4.69) is 11.9 Å². The Hall–Kier alpha value is -1.81. The van der Waals surface area contributed by atoms with Crippen LogP contribution in [0.1, 0.15) is 12.0 Å². The van der Waals surface area contributed by atoms with Gasteiger partial charge < -0.3 is 16.2 Å². The molecule has 0 bridgehead atoms. The molecule has 86 valence electrons. The van der Waals surface area contributed by atoms with Crippen LogP contribution in [0, 0.1) is 0 Å². The molecule has 0 aliphatic heterocycles. The van der Waals surface area contributed by atoms with Gasteiger partial charge in [0.15, 0.2) is 0 Å². The fourth-order valence-electron chi connectivity index (χ4n) is 1.20. The highest BCUT2D eigenvalue weighted by Crippen LogP contribution is 2.14. The Morgan fingerprint density at radius 3 is 2.56 bits per heavy atom. The molecule has 0 aliphatic rings. The maximum absolute atomic E-state index is 11.6. The summed E-state index contributed by atoms with van der Waals surface area (Å²) >= 11 is 0. The van der Waals surface area contributed by atoms with Crippen molar-refractivity contribution in [1.82, 2.24) is 5.32 Å². The Morgan fingerprint density at radius 2 is 2.00 bits per heavy atom. The number of carbonyl (C=O) groups excluding carboxylic acids is 1. The second-order valence-electron chi connectivity index (χ2n) is 3.43. The molecule has 1 amide bonds. The first-order valence-electron chi connectivity index (χ1n) is 5.09. The largest absolute Gasteiger partial charge is 0.399 e. The molecule has 4 heteroatoms. The van der Waals surface area contributed by atoms with Gasteiger partial charge in [-0.2, -0.15) is 0 Å². The Kier molecular flexibility index (Phi) is 4.54. The number of nitrogen functional groups attached to an aromatic ring is 1. The number of anilines is 1. The molecule has 0 saturated carbocycles. The SMILES string of the molecule is C=C(C(=O)NCCCO)c1ccc(N)cc1. The number of nitrogens with one attached hydrogen (secondary N) is 1. The summed E-state index contributed by atoms with van der Waals surface area (Å²) in [7, 11) is 0. The summed E-state index contributed by atoms with van der Waals surface area (Å²) < 4.78 is 0. The van der Waals surface area contributed by atoms with Crippen LogP contribution in [0.15, 0.2) is 30.8 Å². The third-order valence-corrected chi connectivity index (χ3v) is 2.15. The summed E-state index contributed by atoms with van der Waals surface area (Å²) in [5.74, 6) is -0.224. The predicted octanol–water partition coefficient (Wildman–Crippen LogP) is 0.781. The summed E-state index contributed by atoms with van der Waals surface area (Å²) in [6, 6.07) is 6.95. The number of aliphatic hydroxyl groups is 1. The van der Waals surface area contributed by atoms with E-state index in [-0.39, 0.29) is 12.5 Å². The molecule has 0 heterocycles. The minimum Gasteiger partial charge on any atom is -0.399 e. The van der Waals surface area contributed by atoms with Crippen LogP contribution in [-0.4, -0.2) is 24.2 Å². The lowest BCUT2D eigenvalue weighted by Crippen LogP contribution is -2.25. The van der Waals surface area contributed by atoms with Gasteiger partial charge in [-0.15, -0.1) is 0 Å². The average Bonchev–Trinajstić information content (AvgIpc) is 2.29. The average molecular weight is 220 g/mol. The Labute approximate surface area is 94.8 Å². The van der Waals surface area contributed by atoms with Gasteiger partial charge in [-0.1, -0.05) is 18.7 Å². The van der Waals surface area contributed by atoms with Crippen molar-refractivity contribution in [3.63, 3.8) is 0 Å². The van der Waals surface area contributed by atoms with Gasteiger partial charge in [-0.25, -0.2) is 0 Å². The number of rotatable bonds is 5. The lowest BCUT2D eigenvalue weighted by Gasteiger charge is -2.07. The van der Waals surface area contributed by atoms with Crippen molar-refractivity contribution in [2.24, 2.45) is 0 Å². The van der Waals surface area contributed by atoms with Crippen LogP contribution in [0.3, 0.4) is 0 Å². The van der Waals surface area contributed by atoms with Gasteiger partial charge in [0.05, 0.1) is 0 Å². The minimum atomic E-state index is -0.224. The zero-order valence-electron chi connectivity index (χ0n) is 9.07. The number of aliphatic hydroxyl groups excluding tert-OH is 1. The minimum absolute atomic E-state index is 0.0641. The molecular formula is C12H16N2O2. The van der Waals surface area contributed by atoms with Crippen molar-refractivity contribution in [2.75, 3.05) is 18.9 Å². The highest BCUT2D eigenvalue weighted by atomic mass is 16.3. The number of hydrogen-bond donors (Lipinski definition) is 3. The molecule has 0 fully saturated rings. The topological polar surface area (TPSA) is 75.3 Å². The Morgan fingerprint density at radius 1 is 1.38 bits per heavy atom. The summed E-state index contributed by atoms with van der Waals surface area (Å²) in [5, 5.41) is 11.2. The Bertz CT molecular complexity index is 371. The normalized spacial score (nSPS) is 9.81. The second-order valence-corrected chi connectivity index (χ2v) is 3.43. The highest BCUT2D eigenvalue weighted by molar-refractivity contribution is 6.18. The first-order valence-corrected chi connectivity index (χ1v) is 5.09. The van der Waals surface area contributed by atoms with Gasteiger partial charge in [-0.05, 0) is 24.1 Å². The van der Waals surface area contributed by atoms with Crippen molar-refractivity contribution in [3.05, 3.63) is 36.4 Å². The molecule has 1 aromatic carbocycles. The number of nitrogens with two attached hydrogens (primary N) is 1. The Balaban J connectivity index is 2.57. The van der Waals surface area contributed by atoms with Crippen LogP contribution < -0.4 is 11.1 Å². The van der Waals surface area contributed by atoms with Gasteiger partial charge in [0.1, 0.15) is 0 Å². The van der Waals surface area contributed by atoms with Gasteiger partial charge in [0.2, 0.25) is 0 Å². The van der Waals surface area contributed by atoms with Crippen molar-refractivity contribution >= 4 is 17.2 Å². The number of carbonyl (C=O) groups is 1. The molecule has 16 heavy (non-hydrogen) atoms. The molecule has 0 radical (unpaired) electrons. The third-order valence-electron chi connectivity index (χ3n) is 2.15. The van der Waals surface area contributed by atoms with Crippen LogP contribution in [0.25, 0.3) is 5.57 Å². The van der Waals surface area contributed by atoms with Crippen LogP contribution in [0.2, 0.25) is 0 Å². The molecule has 0 saturated heterocycles. The van der Waals surface area contributed by atoms with E-state index in [1.54, 1.807) is 24.3 Å². The van der Waals surface area contributed by atoms with Crippen molar-refractivity contribution < 1.29 is 9.90 Å². The molecule has 1 rings (SSSR count). The maximum atomic E-state index is 11.6. The number of amides is 1. The highest BCUT2D eigenvalue weighted by Gasteiger charge is 2.07. The summed E-state index contributed by atoms with van der Waals surface area (Å²) in [6.07, 6.45) is 0.542. The molecule has 1 aromatic rings. The fourth-order valence-corrected chi connectivity index (χ4v) is 1.20. The monoisotopic (exact) mass is 220 g/mol. The van der Waals surface area contributed by atoms with E-state index >= 15 is 0 Å². The predicted molar refractivity (Wildman–Crippen MR) is 64.6 cm³/mol. The van der Waals surface area contributed by atoms with Gasteiger partial charge in [0, 0.05) is 24.4 Å². The van der Waals surface area contributed by atoms with Crippen molar-refractivity contribution in [3.8, 4) is 0 Å². The third kappa shape index (κ3) is 3.40. The first-order chi connectivity index (χ1) is 7.65. The quantitative estimate of drug-likeness (QED) is 0.390. The summed E-state index contributed by atoms with van der Waals surface area (Å²) in [6.45, 7) is 4.23. The van der Waals surface area contributed by atoms with E-state index < -0.39 is 0 Å². The number of hydrogen-bond acceptors (Lipinski definition) is 3. The standard InChI is InChI=1S/C12H16N2O2/c1-9(12(16)14-7-2-8-15)10-3-5-11(13)6-4-10/h3-6,15H,1-2,7-8,13H2,(H,14,16). The van der Waals surface area contributed by atoms with Crippen LogP contribution in [0.4, 0.5) is 5.69 Å². The molecule has 0 unspecified atom stereocenters. The van der Waals surface area contributed by atoms with E-state index in [0.29, 0.717) is 24.2 Å². The molecule has 0 aliphatic carbocycles. The van der Waals surface area contributed by atoms with Gasteiger partial charge >= 0.3 is 0 Å². The molecule has 0 atom stereocenters. The van der Waals surface area contributed by atoms with Gasteiger partial charge in [-0.3, -0.25) is 4.79 Å². The summed E-state index contributed by atoms with van der Waals surface area (Å²) in [5.41, 5.74) is 7.34. The lowest BCUT2D eigenvalue weighted by atomic mass is 10.1. The fraction of sp³-hybridized carbons (Fsp3) is 0.250. The number of benzene rings is 1. The summed E-state index contributed by atoms with van der Waals surface area (Å²) in [4.78, 5) is 11.6. The van der Waals surface area contributed by atoms with Crippen molar-refractivity contribution in [1.29, 1.82) is 0 Å². The van der Waals surface area contributed by atoms with E-state index in [9.17, 15) is 4.79 Å².